The Morgan fingerprint density at radius 3 is 1.76 bits per heavy atom. The van der Waals surface area contributed by atoms with E-state index in [1.807, 2.05) is 12.3 Å². The van der Waals surface area contributed by atoms with E-state index < -0.39 is 0 Å². The third kappa shape index (κ3) is 10.4. The summed E-state index contributed by atoms with van der Waals surface area (Å²) in [5.74, 6) is 2.55. The van der Waals surface area contributed by atoms with E-state index in [-0.39, 0.29) is 49.1 Å². The van der Waals surface area contributed by atoms with Gasteiger partial charge in [0.25, 0.3) is 0 Å². The van der Waals surface area contributed by atoms with E-state index in [1.54, 1.807) is 0 Å². The Morgan fingerprint density at radius 2 is 1.10 bits per heavy atom. The fourth-order valence-electron chi connectivity index (χ4n) is 11.9. The Bertz CT molecular complexity index is 4090. The quantitative estimate of drug-likeness (QED) is 0.108. The van der Waals surface area contributed by atoms with Gasteiger partial charge in [0.2, 0.25) is 0 Å². The van der Waals surface area contributed by atoms with Gasteiger partial charge in [-0.25, -0.2) is 4.98 Å². The molecule has 0 fully saturated rings. The number of para-hydroxylation sites is 1. The molecule has 0 aliphatic carbocycles. The smallest absolute Gasteiger partial charge is 0.135 e. The minimum atomic E-state index is -0.292. The molecule has 11 aromatic rings. The molecular weight excluding hydrogens is 1180 g/mol. The normalized spacial score (nSPS) is 12.8. The van der Waals surface area contributed by atoms with Crippen molar-refractivity contribution >= 4 is 44.6 Å². The molecule has 414 valence electrons. The van der Waals surface area contributed by atoms with Crippen molar-refractivity contribution in [3.63, 3.8) is 0 Å². The molecule has 5 nitrogen and oxygen atoms in total. The van der Waals surface area contributed by atoms with E-state index in [1.165, 1.54) is 50.1 Å². The number of aromatic nitrogens is 2. The van der Waals surface area contributed by atoms with E-state index in [2.05, 4.69) is 310 Å². The maximum Gasteiger partial charge on any atom is 0.135 e. The molecule has 2 aromatic heterocycles. The van der Waals surface area contributed by atoms with Gasteiger partial charge in [0.15, 0.2) is 0 Å². The summed E-state index contributed by atoms with van der Waals surface area (Å²) < 4.78 is 9.44. The van der Waals surface area contributed by atoms with Crippen LogP contribution in [0.2, 0.25) is 0 Å². The number of fused-ring (bicyclic) bond motifs is 4. The minimum Gasteiger partial charge on any atom is -0.509 e. The molecule has 0 atom stereocenters. The first-order valence-corrected chi connectivity index (χ1v) is 28.6. The van der Waals surface area contributed by atoms with Crippen molar-refractivity contribution in [3.05, 3.63) is 270 Å². The average molecular weight is 1250 g/mol. The molecule has 0 spiro atoms. The third-order valence-electron chi connectivity index (χ3n) is 16.8. The summed E-state index contributed by atoms with van der Waals surface area (Å²) in [5, 5.41) is 2.20. The number of pyridine rings is 1. The summed E-state index contributed by atoms with van der Waals surface area (Å²) in [5.41, 5.74) is 18.7. The monoisotopic (exact) mass is 1250 g/mol. The van der Waals surface area contributed by atoms with Gasteiger partial charge in [-0.1, -0.05) is 221 Å². The van der Waals surface area contributed by atoms with Crippen LogP contribution >= 0.6 is 0 Å². The van der Waals surface area contributed by atoms with E-state index in [9.17, 15) is 0 Å². The Balaban J connectivity index is 0.00000705. The number of ether oxygens (including phenoxy) is 1. The van der Waals surface area contributed by atoms with E-state index in [0.29, 0.717) is 11.5 Å². The largest absolute Gasteiger partial charge is 0.509 e. The van der Waals surface area contributed by atoms with Gasteiger partial charge in [-0.15, -0.1) is 53.6 Å². The maximum atomic E-state index is 7.21. The molecule has 9 aromatic carbocycles. The van der Waals surface area contributed by atoms with Crippen LogP contribution in [-0.4, -0.2) is 9.55 Å². The zero-order valence-corrected chi connectivity index (χ0v) is 51.2. The zero-order chi connectivity index (χ0) is 56.4. The van der Waals surface area contributed by atoms with Crippen molar-refractivity contribution in [2.24, 2.45) is 0 Å². The summed E-state index contributed by atoms with van der Waals surface area (Å²) >= 11 is 0. The van der Waals surface area contributed by atoms with Gasteiger partial charge >= 0.3 is 0 Å². The summed E-state index contributed by atoms with van der Waals surface area (Å²) in [6.45, 7) is 27.5. The van der Waals surface area contributed by atoms with E-state index in [0.717, 1.165) is 61.5 Å². The fraction of sp³-hybridized carbons (Fsp3) is 0.211. The standard InChI is InChI=1S/C76H71N4O.Pt/c1-50(2)64-31-23-32-65(51(3)4)73(64)54-42-61(47-63(43-54)81-62-35-36-67-66-30-21-22-33-68(66)80(70(67)48-62)72-46-58(38-39-77-72)75(8,9)55-26-17-13-18-27-55)79-49-78(69-37-34-57(45-71(69)79)74(5,6)7)60-41-53(52-24-15-12-16-25-52)40-59(44-60)76(10,11)56-28-19-14-20-29-56;/h12-46,49-51H,1-11H3;/q-3;. The summed E-state index contributed by atoms with van der Waals surface area (Å²) in [4.78, 5) is 9.74. The van der Waals surface area contributed by atoms with Crippen molar-refractivity contribution in [2.75, 3.05) is 9.80 Å². The Kier molecular flexibility index (Phi) is 15.0. The van der Waals surface area contributed by atoms with Gasteiger partial charge in [-0.3, -0.25) is 0 Å². The van der Waals surface area contributed by atoms with Crippen molar-refractivity contribution in [1.82, 2.24) is 9.55 Å². The molecular formula is C76H71N4OPt-3. The number of nitrogens with zero attached hydrogens (tertiary/aromatic N) is 4. The molecule has 0 bridgehead atoms. The molecule has 0 saturated carbocycles. The topological polar surface area (TPSA) is 33.5 Å². The van der Waals surface area contributed by atoms with Crippen LogP contribution in [0.3, 0.4) is 0 Å². The average Bonchev–Trinajstić information content (AvgIpc) is 4.21. The number of rotatable bonds is 13. The summed E-state index contributed by atoms with van der Waals surface area (Å²) in [6.07, 6.45) is 1.93. The van der Waals surface area contributed by atoms with E-state index >= 15 is 0 Å². The predicted molar refractivity (Wildman–Crippen MR) is 339 cm³/mol. The van der Waals surface area contributed by atoms with Crippen LogP contribution in [0.25, 0.3) is 49.9 Å². The molecule has 82 heavy (non-hydrogen) atoms. The first kappa shape index (κ1) is 55.9. The van der Waals surface area contributed by atoms with Crippen LogP contribution in [0.4, 0.5) is 22.7 Å². The maximum absolute atomic E-state index is 7.21. The number of hydrogen-bond acceptors (Lipinski definition) is 4. The second-order valence-electron chi connectivity index (χ2n) is 24.6. The third-order valence-corrected chi connectivity index (χ3v) is 16.8. The zero-order valence-electron chi connectivity index (χ0n) is 49.0. The molecule has 1 aliphatic heterocycles. The van der Waals surface area contributed by atoms with Crippen LogP contribution in [0.1, 0.15) is 127 Å². The van der Waals surface area contributed by atoms with Gasteiger partial charge < -0.3 is 19.1 Å². The number of hydrogen-bond donors (Lipinski definition) is 0. The molecule has 12 rings (SSSR count). The number of anilines is 4. The molecule has 3 heterocycles. The molecule has 0 N–H and O–H groups in total. The summed E-state index contributed by atoms with van der Waals surface area (Å²) in [7, 11) is 0. The Morgan fingerprint density at radius 1 is 0.463 bits per heavy atom. The van der Waals surface area contributed by atoms with Crippen LogP contribution in [-0.2, 0) is 37.3 Å². The molecule has 6 heteroatoms. The molecule has 0 unspecified atom stereocenters. The summed E-state index contributed by atoms with van der Waals surface area (Å²) in [6, 6.07) is 82.5. The fourth-order valence-corrected chi connectivity index (χ4v) is 11.9. The van der Waals surface area contributed by atoms with Crippen molar-refractivity contribution in [1.29, 1.82) is 0 Å². The Labute approximate surface area is 500 Å². The predicted octanol–water partition coefficient (Wildman–Crippen LogP) is 20.5. The van der Waals surface area contributed by atoms with Gasteiger partial charge in [-0.05, 0) is 121 Å². The van der Waals surface area contributed by atoms with Crippen molar-refractivity contribution in [3.8, 4) is 39.6 Å². The Hall–Kier alpha value is -7.98. The van der Waals surface area contributed by atoms with Gasteiger partial charge in [0, 0.05) is 72.2 Å². The molecule has 0 amide bonds. The van der Waals surface area contributed by atoms with Crippen LogP contribution in [0.15, 0.2) is 212 Å². The van der Waals surface area contributed by atoms with Gasteiger partial charge in [0.05, 0.1) is 0 Å². The second-order valence-corrected chi connectivity index (χ2v) is 24.6. The molecule has 0 saturated heterocycles. The number of benzene rings is 9. The molecule has 1 aliphatic rings. The van der Waals surface area contributed by atoms with E-state index in [4.69, 9.17) is 9.72 Å². The minimum absolute atomic E-state index is 0. The van der Waals surface area contributed by atoms with Crippen LogP contribution < -0.4 is 14.5 Å². The van der Waals surface area contributed by atoms with Crippen molar-refractivity contribution in [2.45, 2.75) is 104 Å². The van der Waals surface area contributed by atoms with Gasteiger partial charge in [-0.2, -0.15) is 6.07 Å². The molecule has 0 radical (unpaired) electrons. The first-order valence-electron chi connectivity index (χ1n) is 28.6. The van der Waals surface area contributed by atoms with Crippen LogP contribution in [0, 0.1) is 18.8 Å². The van der Waals surface area contributed by atoms with Gasteiger partial charge in [0.1, 0.15) is 5.82 Å². The SMILES string of the molecule is CC(C)c1cccc(C(C)C)c1-c1cc(Oc2[c-]c3c(cc2)c2ccccc2n3-c2cc(C(C)(C)c3ccccc3)ccn2)[c-]c(N2[CH-]N(c3cc(-c4ccccc4)cc(C(C)(C)c4ccccc4)c3)c3ccc(C(C)(C)C)cc32)c1.[Pt]. The van der Waals surface area contributed by atoms with Crippen molar-refractivity contribution < 1.29 is 25.8 Å². The van der Waals surface area contributed by atoms with Crippen LogP contribution in [0.5, 0.6) is 11.5 Å². The first-order chi connectivity index (χ1) is 38.9. The second kappa shape index (κ2) is 22.1.